The monoisotopic (exact) mass is 216 g/mol. The van der Waals surface area contributed by atoms with Crippen molar-refractivity contribution in [2.24, 2.45) is 0 Å². The van der Waals surface area contributed by atoms with Gasteiger partial charge in [-0.25, -0.2) is 0 Å². The van der Waals surface area contributed by atoms with Crippen LogP contribution in [0.3, 0.4) is 0 Å². The molecule has 1 aliphatic carbocycles. The summed E-state index contributed by atoms with van der Waals surface area (Å²) in [5.74, 6) is 0. The summed E-state index contributed by atoms with van der Waals surface area (Å²) in [5.41, 5.74) is 4.09. The Morgan fingerprint density at radius 2 is 2.06 bits per heavy atom. The standard InChI is InChI=1S/C14H20N2/c1-14(15-2)10-6-8-11-7-5-9-12(13(11)14)16(3)4/h5-9,15H,10H2,1-4H3. The van der Waals surface area contributed by atoms with E-state index in [0.29, 0.717) is 0 Å². The molecule has 1 N–H and O–H groups in total. The zero-order valence-electron chi connectivity index (χ0n) is 10.5. The number of hydrogen-bond donors (Lipinski definition) is 1. The van der Waals surface area contributed by atoms with Crippen LogP contribution < -0.4 is 10.2 Å². The number of rotatable bonds is 2. The molecule has 1 aromatic rings. The Morgan fingerprint density at radius 3 is 2.69 bits per heavy atom. The number of fused-ring (bicyclic) bond motifs is 1. The number of hydrogen-bond acceptors (Lipinski definition) is 2. The van der Waals surface area contributed by atoms with Crippen molar-refractivity contribution in [1.29, 1.82) is 0 Å². The first-order chi connectivity index (χ1) is 7.58. The third-order valence-electron chi connectivity index (χ3n) is 3.48. The molecule has 0 saturated heterocycles. The Bertz CT molecular complexity index is 421. The minimum absolute atomic E-state index is 0.0466. The maximum Gasteiger partial charge on any atom is 0.0465 e. The van der Waals surface area contributed by atoms with Gasteiger partial charge in [-0.1, -0.05) is 24.3 Å². The summed E-state index contributed by atoms with van der Waals surface area (Å²) in [5, 5.41) is 3.45. The Kier molecular flexibility index (Phi) is 2.76. The highest BCUT2D eigenvalue weighted by atomic mass is 15.1. The fourth-order valence-corrected chi connectivity index (χ4v) is 2.42. The van der Waals surface area contributed by atoms with E-state index >= 15 is 0 Å². The lowest BCUT2D eigenvalue weighted by molar-refractivity contribution is 0.402. The van der Waals surface area contributed by atoms with Crippen LogP contribution in [0.1, 0.15) is 24.5 Å². The molecule has 2 rings (SSSR count). The van der Waals surface area contributed by atoms with Crippen LogP contribution in [0.2, 0.25) is 0 Å². The Labute approximate surface area is 98.0 Å². The SMILES string of the molecule is CNC1(C)CC=Cc2cccc(N(C)C)c21. The molecular weight excluding hydrogens is 196 g/mol. The smallest absolute Gasteiger partial charge is 0.0465 e. The molecule has 1 aromatic carbocycles. The lowest BCUT2D eigenvalue weighted by Gasteiger charge is -2.36. The number of nitrogens with one attached hydrogen (secondary N) is 1. The molecule has 2 heteroatoms. The predicted molar refractivity (Wildman–Crippen MR) is 70.8 cm³/mol. The second-order valence-corrected chi connectivity index (χ2v) is 4.82. The Balaban J connectivity index is 2.65. The van der Waals surface area contributed by atoms with Crippen molar-refractivity contribution in [3.8, 4) is 0 Å². The van der Waals surface area contributed by atoms with Gasteiger partial charge in [-0.3, -0.25) is 0 Å². The van der Waals surface area contributed by atoms with Crippen molar-refractivity contribution < 1.29 is 0 Å². The molecule has 1 atom stereocenters. The third-order valence-corrected chi connectivity index (χ3v) is 3.48. The summed E-state index contributed by atoms with van der Waals surface area (Å²) in [6.07, 6.45) is 5.51. The van der Waals surface area contributed by atoms with Crippen molar-refractivity contribution in [2.75, 3.05) is 26.0 Å². The van der Waals surface area contributed by atoms with E-state index < -0.39 is 0 Å². The molecule has 0 radical (unpaired) electrons. The topological polar surface area (TPSA) is 15.3 Å². The predicted octanol–water partition coefficient (Wildman–Crippen LogP) is 2.60. The summed E-state index contributed by atoms with van der Waals surface area (Å²) in [4.78, 5) is 2.19. The van der Waals surface area contributed by atoms with E-state index in [0.717, 1.165) is 6.42 Å². The van der Waals surface area contributed by atoms with Crippen molar-refractivity contribution >= 4 is 11.8 Å². The van der Waals surface area contributed by atoms with E-state index in [1.54, 1.807) is 0 Å². The third kappa shape index (κ3) is 1.63. The maximum absolute atomic E-state index is 3.45. The van der Waals surface area contributed by atoms with Gasteiger partial charge in [-0.2, -0.15) is 0 Å². The molecule has 0 amide bonds. The van der Waals surface area contributed by atoms with Crippen LogP contribution in [0.5, 0.6) is 0 Å². The highest BCUT2D eigenvalue weighted by Crippen LogP contribution is 2.38. The van der Waals surface area contributed by atoms with E-state index in [2.05, 4.69) is 61.6 Å². The van der Waals surface area contributed by atoms with Crippen LogP contribution in [0.15, 0.2) is 24.3 Å². The lowest BCUT2D eigenvalue weighted by atomic mass is 9.80. The van der Waals surface area contributed by atoms with Gasteiger partial charge in [0.15, 0.2) is 0 Å². The van der Waals surface area contributed by atoms with Crippen LogP contribution in [0.25, 0.3) is 6.08 Å². The van der Waals surface area contributed by atoms with Crippen LogP contribution in [0, 0.1) is 0 Å². The molecule has 0 fully saturated rings. The first-order valence-electron chi connectivity index (χ1n) is 5.75. The highest BCUT2D eigenvalue weighted by molar-refractivity contribution is 5.69. The first kappa shape index (κ1) is 11.2. The molecular formula is C14H20N2. The van der Waals surface area contributed by atoms with Crippen LogP contribution in [-0.2, 0) is 5.54 Å². The molecule has 0 spiro atoms. The highest BCUT2D eigenvalue weighted by Gasteiger charge is 2.30. The largest absolute Gasteiger partial charge is 0.377 e. The molecule has 0 heterocycles. The van der Waals surface area contributed by atoms with Gasteiger partial charge in [0, 0.05) is 30.9 Å². The van der Waals surface area contributed by atoms with Gasteiger partial charge in [-0.05, 0) is 32.0 Å². The van der Waals surface area contributed by atoms with Crippen molar-refractivity contribution in [2.45, 2.75) is 18.9 Å². The normalized spacial score (nSPS) is 23.0. The van der Waals surface area contributed by atoms with Crippen LogP contribution in [0.4, 0.5) is 5.69 Å². The van der Waals surface area contributed by atoms with Gasteiger partial charge in [0.25, 0.3) is 0 Å². The van der Waals surface area contributed by atoms with Gasteiger partial charge >= 0.3 is 0 Å². The summed E-state index contributed by atoms with van der Waals surface area (Å²) in [6, 6.07) is 6.50. The first-order valence-corrected chi connectivity index (χ1v) is 5.75. The second-order valence-electron chi connectivity index (χ2n) is 4.82. The quantitative estimate of drug-likeness (QED) is 0.817. The van der Waals surface area contributed by atoms with E-state index in [9.17, 15) is 0 Å². The Hall–Kier alpha value is -1.28. The zero-order valence-corrected chi connectivity index (χ0v) is 10.5. The molecule has 1 unspecified atom stereocenters. The number of anilines is 1. The average molecular weight is 216 g/mol. The zero-order chi connectivity index (χ0) is 11.8. The van der Waals surface area contributed by atoms with Crippen LogP contribution in [-0.4, -0.2) is 21.1 Å². The molecule has 0 aromatic heterocycles. The van der Waals surface area contributed by atoms with Gasteiger partial charge < -0.3 is 10.2 Å². The van der Waals surface area contributed by atoms with Gasteiger partial charge in [0.05, 0.1) is 0 Å². The number of benzene rings is 1. The fraction of sp³-hybridized carbons (Fsp3) is 0.429. The molecule has 16 heavy (non-hydrogen) atoms. The number of nitrogens with zero attached hydrogens (tertiary/aromatic N) is 1. The summed E-state index contributed by atoms with van der Waals surface area (Å²) < 4.78 is 0. The Morgan fingerprint density at radius 1 is 1.31 bits per heavy atom. The van der Waals surface area contributed by atoms with E-state index in [1.807, 2.05) is 7.05 Å². The molecule has 86 valence electrons. The van der Waals surface area contributed by atoms with E-state index in [1.165, 1.54) is 16.8 Å². The molecule has 0 saturated carbocycles. The molecule has 0 bridgehead atoms. The van der Waals surface area contributed by atoms with Crippen molar-refractivity contribution in [3.05, 3.63) is 35.4 Å². The average Bonchev–Trinajstić information content (AvgIpc) is 2.28. The van der Waals surface area contributed by atoms with Gasteiger partial charge in [0.1, 0.15) is 0 Å². The summed E-state index contributed by atoms with van der Waals surface area (Å²) >= 11 is 0. The van der Waals surface area contributed by atoms with Gasteiger partial charge in [-0.15, -0.1) is 0 Å². The summed E-state index contributed by atoms with van der Waals surface area (Å²) in [6.45, 7) is 2.27. The maximum atomic E-state index is 3.45. The van der Waals surface area contributed by atoms with Crippen LogP contribution >= 0.6 is 0 Å². The fourth-order valence-electron chi connectivity index (χ4n) is 2.42. The molecule has 1 aliphatic rings. The van der Waals surface area contributed by atoms with Crippen molar-refractivity contribution in [1.82, 2.24) is 5.32 Å². The van der Waals surface area contributed by atoms with Crippen molar-refractivity contribution in [3.63, 3.8) is 0 Å². The minimum Gasteiger partial charge on any atom is -0.377 e. The molecule has 2 nitrogen and oxygen atoms in total. The molecule has 0 aliphatic heterocycles. The van der Waals surface area contributed by atoms with E-state index in [4.69, 9.17) is 0 Å². The lowest BCUT2D eigenvalue weighted by Crippen LogP contribution is -2.39. The second kappa shape index (κ2) is 3.95. The summed E-state index contributed by atoms with van der Waals surface area (Å²) in [7, 11) is 6.24. The van der Waals surface area contributed by atoms with Gasteiger partial charge in [0.2, 0.25) is 0 Å². The minimum atomic E-state index is 0.0466. The van der Waals surface area contributed by atoms with E-state index in [-0.39, 0.29) is 5.54 Å².